The maximum Gasteiger partial charge on any atom is 0.0882 e. The minimum atomic E-state index is 0.968. The zero-order chi connectivity index (χ0) is 4.99. The Kier molecular flexibility index (Phi) is 2.55. The van der Waals surface area contributed by atoms with Crippen LogP contribution in [0.4, 0.5) is 0 Å². The van der Waals surface area contributed by atoms with Crippen molar-refractivity contribution in [1.82, 2.24) is 0 Å². The summed E-state index contributed by atoms with van der Waals surface area (Å²) in [7, 11) is 1.66. The Morgan fingerprint density at radius 2 is 2.17 bits per heavy atom. The van der Waals surface area contributed by atoms with Crippen molar-refractivity contribution in [3.8, 4) is 0 Å². The lowest BCUT2D eigenvalue weighted by molar-refractivity contribution is 0.293. The van der Waals surface area contributed by atoms with Gasteiger partial charge in [0.1, 0.15) is 0 Å². The Morgan fingerprint density at radius 1 is 1.67 bits per heavy atom. The molecule has 0 radical (unpaired) electrons. The maximum atomic E-state index is 4.76. The molecule has 0 spiro atoms. The normalized spacial score (nSPS) is 11.5. The Morgan fingerprint density at radius 3 is 2.17 bits per heavy atom. The molecule has 0 amide bonds. The standard InChI is InChI=1S/C5H10O/c1-4-5(2)6-3/h4H,1-3H3. The summed E-state index contributed by atoms with van der Waals surface area (Å²) in [6.07, 6.45) is 1.92. The average Bonchev–Trinajstić information content (AvgIpc) is 1.65. The van der Waals surface area contributed by atoms with Crippen molar-refractivity contribution in [1.29, 1.82) is 0 Å². The summed E-state index contributed by atoms with van der Waals surface area (Å²) in [6, 6.07) is 0. The van der Waals surface area contributed by atoms with Gasteiger partial charge in [-0.25, -0.2) is 0 Å². The van der Waals surface area contributed by atoms with Crippen molar-refractivity contribution >= 4 is 0 Å². The first kappa shape index (κ1) is 5.54. The maximum absolute atomic E-state index is 4.76. The molecular formula is C5H10O. The molecule has 0 aliphatic carbocycles. The van der Waals surface area contributed by atoms with Crippen molar-refractivity contribution in [3.05, 3.63) is 11.8 Å². The lowest BCUT2D eigenvalue weighted by atomic mass is 10.5. The first-order chi connectivity index (χ1) is 2.81. The van der Waals surface area contributed by atoms with Gasteiger partial charge in [-0.15, -0.1) is 0 Å². The minimum Gasteiger partial charge on any atom is -0.502 e. The van der Waals surface area contributed by atoms with Gasteiger partial charge >= 0.3 is 0 Å². The number of hydrogen-bond acceptors (Lipinski definition) is 1. The number of hydrogen-bond donors (Lipinski definition) is 0. The summed E-state index contributed by atoms with van der Waals surface area (Å²) in [6.45, 7) is 3.86. The Hall–Kier alpha value is -0.460. The second kappa shape index (κ2) is 2.76. The van der Waals surface area contributed by atoms with Crippen LogP contribution < -0.4 is 0 Å². The van der Waals surface area contributed by atoms with Crippen LogP contribution in [0.3, 0.4) is 0 Å². The fourth-order valence-corrected chi connectivity index (χ4v) is 0.118. The molecule has 0 heterocycles. The van der Waals surface area contributed by atoms with E-state index in [1.54, 1.807) is 7.11 Å². The van der Waals surface area contributed by atoms with Gasteiger partial charge in [0, 0.05) is 0 Å². The van der Waals surface area contributed by atoms with Gasteiger partial charge in [0.05, 0.1) is 12.9 Å². The van der Waals surface area contributed by atoms with Gasteiger partial charge < -0.3 is 4.74 Å². The fourth-order valence-electron chi connectivity index (χ4n) is 0.118. The SMILES string of the molecule is CC=C(C)OC. The molecule has 0 aromatic carbocycles. The topological polar surface area (TPSA) is 9.23 Å². The van der Waals surface area contributed by atoms with Gasteiger partial charge in [-0.3, -0.25) is 0 Å². The monoisotopic (exact) mass is 86.1 g/mol. The molecule has 0 bridgehead atoms. The molecule has 0 aliphatic rings. The van der Waals surface area contributed by atoms with E-state index in [-0.39, 0.29) is 0 Å². The average molecular weight is 86.1 g/mol. The predicted octanol–water partition coefficient (Wildman–Crippen LogP) is 1.56. The van der Waals surface area contributed by atoms with Crippen molar-refractivity contribution in [2.75, 3.05) is 7.11 Å². The van der Waals surface area contributed by atoms with Gasteiger partial charge in [-0.1, -0.05) is 6.08 Å². The molecule has 6 heavy (non-hydrogen) atoms. The summed E-state index contributed by atoms with van der Waals surface area (Å²) in [5, 5.41) is 0. The molecule has 36 valence electrons. The van der Waals surface area contributed by atoms with Crippen LogP contribution in [-0.2, 0) is 4.74 Å². The number of allylic oxidation sites excluding steroid dienone is 2. The molecule has 0 fully saturated rings. The molecule has 0 rings (SSSR count). The minimum absolute atomic E-state index is 0.968. The molecular weight excluding hydrogens is 76.1 g/mol. The van der Waals surface area contributed by atoms with Crippen molar-refractivity contribution < 1.29 is 4.74 Å². The fraction of sp³-hybridized carbons (Fsp3) is 0.600. The zero-order valence-electron chi connectivity index (χ0n) is 4.49. The smallest absolute Gasteiger partial charge is 0.0882 e. The Balaban J connectivity index is 3.22. The predicted molar refractivity (Wildman–Crippen MR) is 26.4 cm³/mol. The zero-order valence-corrected chi connectivity index (χ0v) is 4.49. The van der Waals surface area contributed by atoms with Crippen LogP contribution >= 0.6 is 0 Å². The number of methoxy groups -OCH3 is 1. The van der Waals surface area contributed by atoms with Gasteiger partial charge in [-0.05, 0) is 13.8 Å². The third-order valence-electron chi connectivity index (χ3n) is 0.729. The largest absolute Gasteiger partial charge is 0.502 e. The molecule has 0 saturated carbocycles. The molecule has 0 aromatic heterocycles. The first-order valence-electron chi connectivity index (χ1n) is 1.98. The van der Waals surface area contributed by atoms with E-state index in [9.17, 15) is 0 Å². The lowest BCUT2D eigenvalue weighted by Gasteiger charge is -1.91. The van der Waals surface area contributed by atoms with Gasteiger partial charge in [0.15, 0.2) is 0 Å². The molecule has 1 nitrogen and oxygen atoms in total. The van der Waals surface area contributed by atoms with Crippen LogP contribution in [0.2, 0.25) is 0 Å². The molecule has 0 N–H and O–H groups in total. The van der Waals surface area contributed by atoms with Crippen molar-refractivity contribution in [3.63, 3.8) is 0 Å². The Bertz CT molecular complexity index is 55.0. The second-order valence-corrected chi connectivity index (χ2v) is 1.10. The lowest BCUT2D eigenvalue weighted by Crippen LogP contribution is -1.73. The molecule has 0 aromatic rings. The van der Waals surface area contributed by atoms with Gasteiger partial charge in [0.2, 0.25) is 0 Å². The second-order valence-electron chi connectivity index (χ2n) is 1.10. The van der Waals surface area contributed by atoms with Gasteiger partial charge in [0.25, 0.3) is 0 Å². The van der Waals surface area contributed by atoms with Crippen LogP contribution in [0, 0.1) is 0 Å². The van der Waals surface area contributed by atoms with Crippen LogP contribution in [-0.4, -0.2) is 7.11 Å². The van der Waals surface area contributed by atoms with Crippen LogP contribution in [0.25, 0.3) is 0 Å². The third-order valence-corrected chi connectivity index (χ3v) is 0.729. The summed E-state index contributed by atoms with van der Waals surface area (Å²) >= 11 is 0. The molecule has 0 aliphatic heterocycles. The summed E-state index contributed by atoms with van der Waals surface area (Å²) in [5.74, 6) is 0.968. The molecule has 0 atom stereocenters. The van der Waals surface area contributed by atoms with Gasteiger partial charge in [-0.2, -0.15) is 0 Å². The van der Waals surface area contributed by atoms with Crippen molar-refractivity contribution in [2.45, 2.75) is 13.8 Å². The van der Waals surface area contributed by atoms with E-state index in [4.69, 9.17) is 4.74 Å². The number of rotatable bonds is 1. The quantitative estimate of drug-likeness (QED) is 0.440. The Labute approximate surface area is 38.6 Å². The molecule has 0 unspecified atom stereocenters. The van der Waals surface area contributed by atoms with E-state index in [0.717, 1.165) is 5.76 Å². The highest BCUT2D eigenvalue weighted by Gasteiger charge is 1.71. The van der Waals surface area contributed by atoms with E-state index < -0.39 is 0 Å². The summed E-state index contributed by atoms with van der Waals surface area (Å²) in [5.41, 5.74) is 0. The summed E-state index contributed by atoms with van der Waals surface area (Å²) in [4.78, 5) is 0. The van der Waals surface area contributed by atoms with E-state index in [1.807, 2.05) is 19.9 Å². The van der Waals surface area contributed by atoms with Crippen LogP contribution in [0.15, 0.2) is 11.8 Å². The highest BCUT2D eigenvalue weighted by molar-refractivity contribution is 4.82. The van der Waals surface area contributed by atoms with Crippen LogP contribution in [0.5, 0.6) is 0 Å². The van der Waals surface area contributed by atoms with E-state index in [0.29, 0.717) is 0 Å². The van der Waals surface area contributed by atoms with E-state index >= 15 is 0 Å². The highest BCUT2D eigenvalue weighted by Crippen LogP contribution is 1.87. The molecule has 0 saturated heterocycles. The van der Waals surface area contributed by atoms with Crippen LogP contribution in [0.1, 0.15) is 13.8 Å². The highest BCUT2D eigenvalue weighted by atomic mass is 16.5. The molecule has 1 heteroatoms. The summed E-state index contributed by atoms with van der Waals surface area (Å²) < 4.78 is 4.76. The number of ether oxygens (including phenoxy) is 1. The third kappa shape index (κ3) is 1.82. The van der Waals surface area contributed by atoms with Crippen molar-refractivity contribution in [2.24, 2.45) is 0 Å². The first-order valence-corrected chi connectivity index (χ1v) is 1.98. The van der Waals surface area contributed by atoms with E-state index in [2.05, 4.69) is 0 Å². The van der Waals surface area contributed by atoms with E-state index in [1.165, 1.54) is 0 Å².